The van der Waals surface area contributed by atoms with E-state index >= 15 is 0 Å². The first-order chi connectivity index (χ1) is 10.7. The van der Waals surface area contributed by atoms with E-state index in [1.807, 2.05) is 0 Å². The summed E-state index contributed by atoms with van der Waals surface area (Å²) in [4.78, 5) is 10.4. The molecule has 0 saturated carbocycles. The Morgan fingerprint density at radius 1 is 1.00 bits per heavy atom. The summed E-state index contributed by atoms with van der Waals surface area (Å²) in [6.07, 6.45) is 5.97. The minimum atomic E-state index is -0.437. The van der Waals surface area contributed by atoms with Crippen LogP contribution >= 0.6 is 0 Å². The number of nitrogens with zero attached hydrogens (tertiary/aromatic N) is 3. The molecule has 0 atom stereocenters. The number of rotatable bonds is 5. The highest BCUT2D eigenvalue weighted by Crippen LogP contribution is 2.18. The van der Waals surface area contributed by atoms with E-state index in [1.165, 1.54) is 18.5 Å². The molecule has 0 spiro atoms. The van der Waals surface area contributed by atoms with Crippen LogP contribution in [0, 0.1) is 10.1 Å². The maximum absolute atomic E-state index is 10.8. The van der Waals surface area contributed by atoms with Crippen LogP contribution in [0.4, 0.5) is 5.69 Å². The van der Waals surface area contributed by atoms with Gasteiger partial charge in [0.15, 0.2) is 0 Å². The average Bonchev–Trinajstić information content (AvgIpc) is 2.52. The van der Waals surface area contributed by atoms with Crippen LogP contribution in [0.1, 0.15) is 11.1 Å². The third-order valence-electron chi connectivity index (χ3n) is 2.76. The molecule has 1 N–H and O–H groups in total. The number of nitro benzene ring substituents is 1. The molecule has 0 bridgehead atoms. The number of aromatic hydroxyl groups is 1. The smallest absolute Gasteiger partial charge is 0.276 e. The molecular formula is C16H13N3O3. The van der Waals surface area contributed by atoms with E-state index in [1.54, 1.807) is 54.6 Å². The fraction of sp³-hybridized carbons (Fsp3) is 0. The van der Waals surface area contributed by atoms with E-state index in [0.29, 0.717) is 11.1 Å². The average molecular weight is 295 g/mol. The quantitative estimate of drug-likeness (QED) is 0.520. The van der Waals surface area contributed by atoms with Crippen molar-refractivity contribution < 1.29 is 10.0 Å². The molecule has 2 rings (SSSR count). The molecule has 0 amide bonds. The standard InChI is InChI=1S/C16H13N3O3/c20-16-10-4-2-7-14(16)12-18-17-11-5-8-13-6-1-3-9-15(13)19(21)22/h1-12,20H/b8-5-,17-11-,18-12+. The minimum Gasteiger partial charge on any atom is -0.507 e. The van der Waals surface area contributed by atoms with Gasteiger partial charge in [0.2, 0.25) is 0 Å². The van der Waals surface area contributed by atoms with Crippen molar-refractivity contribution in [3.05, 3.63) is 75.8 Å². The molecule has 2 aromatic carbocycles. The Kier molecular flexibility index (Phi) is 5.15. The second-order valence-corrected chi connectivity index (χ2v) is 4.24. The van der Waals surface area contributed by atoms with Crippen molar-refractivity contribution in [2.75, 3.05) is 0 Å². The van der Waals surface area contributed by atoms with Crippen molar-refractivity contribution in [1.82, 2.24) is 0 Å². The van der Waals surface area contributed by atoms with Gasteiger partial charge in [0, 0.05) is 17.8 Å². The van der Waals surface area contributed by atoms with Gasteiger partial charge in [-0.05, 0) is 30.4 Å². The molecule has 2 aromatic rings. The lowest BCUT2D eigenvalue weighted by atomic mass is 10.2. The fourth-order valence-electron chi connectivity index (χ4n) is 1.71. The van der Waals surface area contributed by atoms with Crippen LogP contribution in [0.25, 0.3) is 6.08 Å². The highest BCUT2D eigenvalue weighted by Gasteiger charge is 2.08. The molecule has 0 aliphatic rings. The van der Waals surface area contributed by atoms with Crippen LogP contribution in [-0.2, 0) is 0 Å². The molecule has 6 heteroatoms. The Morgan fingerprint density at radius 2 is 1.68 bits per heavy atom. The topological polar surface area (TPSA) is 88.1 Å². The lowest BCUT2D eigenvalue weighted by Crippen LogP contribution is -1.90. The summed E-state index contributed by atoms with van der Waals surface area (Å²) in [6, 6.07) is 13.2. The van der Waals surface area contributed by atoms with Crippen LogP contribution in [0.2, 0.25) is 0 Å². The van der Waals surface area contributed by atoms with E-state index in [0.717, 1.165) is 0 Å². The van der Waals surface area contributed by atoms with Gasteiger partial charge in [-0.15, -0.1) is 0 Å². The number of benzene rings is 2. The second kappa shape index (κ2) is 7.49. The van der Waals surface area contributed by atoms with E-state index in [4.69, 9.17) is 0 Å². The summed E-state index contributed by atoms with van der Waals surface area (Å²) in [6.45, 7) is 0. The van der Waals surface area contributed by atoms with Crippen molar-refractivity contribution in [3.8, 4) is 5.75 Å². The normalized spacial score (nSPS) is 11.6. The van der Waals surface area contributed by atoms with E-state index in [9.17, 15) is 15.2 Å². The summed E-state index contributed by atoms with van der Waals surface area (Å²) < 4.78 is 0. The summed E-state index contributed by atoms with van der Waals surface area (Å²) in [5, 5.41) is 27.9. The van der Waals surface area contributed by atoms with Gasteiger partial charge >= 0.3 is 0 Å². The molecule has 0 aromatic heterocycles. The molecule has 0 saturated heterocycles. The number of phenolic OH excluding ortho intramolecular Hbond substituents is 1. The zero-order valence-corrected chi connectivity index (χ0v) is 11.5. The summed E-state index contributed by atoms with van der Waals surface area (Å²) in [5.41, 5.74) is 1.08. The fourth-order valence-corrected chi connectivity index (χ4v) is 1.71. The number of nitro groups is 1. The minimum absolute atomic E-state index is 0.0323. The molecule has 0 heterocycles. The first kappa shape index (κ1) is 15.1. The van der Waals surface area contributed by atoms with Gasteiger partial charge in [0.05, 0.1) is 16.7 Å². The number of para-hydroxylation sites is 2. The summed E-state index contributed by atoms with van der Waals surface area (Å²) in [7, 11) is 0. The van der Waals surface area contributed by atoms with E-state index in [-0.39, 0.29) is 11.4 Å². The van der Waals surface area contributed by atoms with Crippen molar-refractivity contribution in [2.45, 2.75) is 0 Å². The van der Waals surface area contributed by atoms with Gasteiger partial charge in [0.1, 0.15) is 5.75 Å². The number of hydrogen-bond donors (Lipinski definition) is 1. The van der Waals surface area contributed by atoms with Gasteiger partial charge < -0.3 is 5.11 Å². The third-order valence-corrected chi connectivity index (χ3v) is 2.76. The van der Waals surface area contributed by atoms with Crippen LogP contribution in [0.5, 0.6) is 5.75 Å². The van der Waals surface area contributed by atoms with Gasteiger partial charge in [-0.1, -0.05) is 24.3 Å². The molecule has 0 fully saturated rings. The van der Waals surface area contributed by atoms with Crippen molar-refractivity contribution >= 4 is 24.2 Å². The summed E-state index contributed by atoms with van der Waals surface area (Å²) >= 11 is 0. The first-order valence-electron chi connectivity index (χ1n) is 6.43. The Balaban J connectivity index is 2.01. The highest BCUT2D eigenvalue weighted by molar-refractivity contribution is 5.84. The predicted molar refractivity (Wildman–Crippen MR) is 86.3 cm³/mol. The van der Waals surface area contributed by atoms with Gasteiger partial charge in [-0.3, -0.25) is 10.1 Å². The molecule has 6 nitrogen and oxygen atoms in total. The number of allylic oxidation sites excluding steroid dienone is 1. The van der Waals surface area contributed by atoms with E-state index in [2.05, 4.69) is 10.2 Å². The van der Waals surface area contributed by atoms with Crippen molar-refractivity contribution in [2.24, 2.45) is 10.2 Å². The number of phenols is 1. The van der Waals surface area contributed by atoms with Gasteiger partial charge in [-0.25, -0.2) is 0 Å². The maximum Gasteiger partial charge on any atom is 0.276 e. The molecule has 22 heavy (non-hydrogen) atoms. The van der Waals surface area contributed by atoms with Crippen molar-refractivity contribution in [1.29, 1.82) is 0 Å². The Bertz CT molecular complexity index is 752. The van der Waals surface area contributed by atoms with Gasteiger partial charge in [-0.2, -0.15) is 10.2 Å². The zero-order chi connectivity index (χ0) is 15.8. The van der Waals surface area contributed by atoms with Crippen LogP contribution in [0.3, 0.4) is 0 Å². The Hall–Kier alpha value is -3.28. The predicted octanol–water partition coefficient (Wildman–Crippen LogP) is 3.42. The SMILES string of the molecule is O=[N+]([O-])c1ccccc1\C=C/C=N\N=C\c1ccccc1O. The van der Waals surface area contributed by atoms with Crippen LogP contribution in [0.15, 0.2) is 64.8 Å². The maximum atomic E-state index is 10.8. The van der Waals surface area contributed by atoms with Crippen molar-refractivity contribution in [3.63, 3.8) is 0 Å². The highest BCUT2D eigenvalue weighted by atomic mass is 16.6. The van der Waals surface area contributed by atoms with Gasteiger partial charge in [0.25, 0.3) is 5.69 Å². The first-order valence-corrected chi connectivity index (χ1v) is 6.43. The molecule has 0 aliphatic heterocycles. The number of hydrogen-bond acceptors (Lipinski definition) is 5. The van der Waals surface area contributed by atoms with Crippen LogP contribution in [-0.4, -0.2) is 22.5 Å². The van der Waals surface area contributed by atoms with E-state index < -0.39 is 4.92 Å². The third kappa shape index (κ3) is 4.11. The molecule has 0 aliphatic carbocycles. The molecule has 0 unspecified atom stereocenters. The zero-order valence-electron chi connectivity index (χ0n) is 11.5. The molecule has 0 radical (unpaired) electrons. The lowest BCUT2D eigenvalue weighted by molar-refractivity contribution is -0.385. The Morgan fingerprint density at radius 3 is 2.41 bits per heavy atom. The largest absolute Gasteiger partial charge is 0.507 e. The monoisotopic (exact) mass is 295 g/mol. The van der Waals surface area contributed by atoms with Crippen LogP contribution < -0.4 is 0 Å². The molecule has 110 valence electrons. The Labute approximate surface area is 126 Å². The second-order valence-electron chi connectivity index (χ2n) is 4.24. The lowest BCUT2D eigenvalue weighted by Gasteiger charge is -1.95. The molecular weight excluding hydrogens is 282 g/mol. The summed E-state index contributed by atoms with van der Waals surface area (Å²) in [5.74, 6) is 0.122.